The molecule has 2 aliphatic rings. The number of hydrogen-bond acceptors (Lipinski definition) is 21. The number of nitrogens with zero attached hydrogens (tertiary/aromatic N) is 5. The van der Waals surface area contributed by atoms with Crippen LogP contribution in [0.5, 0.6) is 0 Å². The van der Waals surface area contributed by atoms with Gasteiger partial charge in [0.2, 0.25) is 0 Å². The van der Waals surface area contributed by atoms with Gasteiger partial charge in [-0.1, -0.05) is 0 Å². The number of hydrogen-bond donors (Lipinski definition) is 5. The van der Waals surface area contributed by atoms with Crippen LogP contribution in [-0.4, -0.2) is 90.6 Å². The number of anilines is 1. The van der Waals surface area contributed by atoms with Crippen molar-refractivity contribution in [3.8, 4) is 0 Å². The summed E-state index contributed by atoms with van der Waals surface area (Å²) in [6.45, 7) is -2.27. The predicted molar refractivity (Wildman–Crippen MR) is 141 cm³/mol. The topological polar surface area (TPSA) is 376 Å². The number of amides is 1. The van der Waals surface area contributed by atoms with E-state index in [1.54, 1.807) is 0 Å². The second-order valence-corrected chi connectivity index (χ2v) is 14.2. The molecule has 2 saturated heterocycles. The van der Waals surface area contributed by atoms with E-state index in [0.717, 1.165) is 17.2 Å². The lowest BCUT2D eigenvalue weighted by molar-refractivity contribution is -0.765. The number of rotatable bonds is 13. The van der Waals surface area contributed by atoms with E-state index in [4.69, 9.17) is 20.9 Å². The first-order valence-electron chi connectivity index (χ1n) is 13.3. The minimum atomic E-state index is -5.86. The van der Waals surface area contributed by atoms with Crippen molar-refractivity contribution in [2.45, 2.75) is 49.1 Å². The molecule has 3 aromatic heterocycles. The van der Waals surface area contributed by atoms with Crippen LogP contribution in [0.4, 0.5) is 5.82 Å². The minimum Gasteiger partial charge on any atom is -0.790 e. The van der Waals surface area contributed by atoms with E-state index in [1.165, 1.54) is 29.1 Å². The van der Waals surface area contributed by atoms with Crippen molar-refractivity contribution in [3.05, 3.63) is 42.7 Å². The number of pyridine rings is 1. The molecule has 5 rings (SSSR count). The number of nitrogens with two attached hydrogens (primary N) is 2. The summed E-state index contributed by atoms with van der Waals surface area (Å²) in [4.78, 5) is 70.6. The summed E-state index contributed by atoms with van der Waals surface area (Å²) in [6.07, 6.45) is -9.25. The molecule has 48 heavy (non-hydrogen) atoms. The molecule has 1 amide bonds. The van der Waals surface area contributed by atoms with Gasteiger partial charge in [-0.2, -0.15) is 4.57 Å². The number of ether oxygens (including phenoxy) is 2. The summed E-state index contributed by atoms with van der Waals surface area (Å²) < 4.78 is 66.7. The number of primary amides is 1. The third kappa shape index (κ3) is 8.12. The Bertz CT molecular complexity index is 1810. The van der Waals surface area contributed by atoms with Gasteiger partial charge in [-0.25, -0.2) is 19.3 Å². The first-order valence-corrected chi connectivity index (χ1v) is 17.7. The maximum Gasteiger partial charge on any atom is 0.292 e. The molecular weight excluding hydrogens is 715 g/mol. The number of nitrogen functional groups attached to an aromatic ring is 1. The van der Waals surface area contributed by atoms with Crippen molar-refractivity contribution < 1.29 is 85.3 Å². The van der Waals surface area contributed by atoms with Crippen LogP contribution >= 0.6 is 23.5 Å². The lowest BCUT2D eigenvalue weighted by Crippen LogP contribution is -2.46. The highest BCUT2D eigenvalue weighted by Gasteiger charge is 2.49. The third-order valence-electron chi connectivity index (χ3n) is 6.96. The molecular formula is C21H25N7O17P3-3. The molecule has 24 nitrogen and oxygen atoms in total. The van der Waals surface area contributed by atoms with E-state index in [9.17, 15) is 53.4 Å². The Morgan fingerprint density at radius 2 is 1.62 bits per heavy atom. The fourth-order valence-corrected chi connectivity index (χ4v) is 7.35. The SMILES string of the molecule is NC(=O)c1ccc[n+]([C@H]2O[C@H](COP(=O)([O-])OP(=O)([O-])OC[C@H]3O[C@@H](n4cnc5c(N)ncnc54)[C@H](OP(=O)([O-])[O-])[C@@H]3O)[C@@H](O)[C@H]2O)c1. The number of aliphatic hydroxyl groups excluding tert-OH is 3. The number of fused-ring (bicyclic) bond motifs is 1. The molecule has 3 aromatic rings. The average molecular weight is 740 g/mol. The maximum atomic E-state index is 12.4. The number of carbonyl (C=O) groups is 1. The Kier molecular flexibility index (Phi) is 10.5. The molecule has 0 saturated carbocycles. The Morgan fingerprint density at radius 1 is 0.979 bits per heavy atom. The smallest absolute Gasteiger partial charge is 0.292 e. The van der Waals surface area contributed by atoms with Crippen LogP contribution in [-0.2, 0) is 41.1 Å². The molecule has 0 spiro atoms. The van der Waals surface area contributed by atoms with Crippen molar-refractivity contribution >= 4 is 46.4 Å². The molecule has 2 aliphatic heterocycles. The molecule has 0 radical (unpaired) electrons. The second kappa shape index (κ2) is 13.8. The number of aromatic nitrogens is 5. The van der Waals surface area contributed by atoms with Crippen LogP contribution in [0.25, 0.3) is 11.2 Å². The van der Waals surface area contributed by atoms with E-state index in [1.807, 2.05) is 0 Å². The minimum absolute atomic E-state index is 0.0155. The van der Waals surface area contributed by atoms with Gasteiger partial charge in [-0.05, 0) is 6.07 Å². The van der Waals surface area contributed by atoms with E-state index in [2.05, 4.69) is 32.8 Å². The highest BCUT2D eigenvalue weighted by Crippen LogP contribution is 2.56. The summed E-state index contributed by atoms with van der Waals surface area (Å²) in [5.74, 6) is -0.906. The van der Waals surface area contributed by atoms with Gasteiger partial charge in [-0.3, -0.25) is 18.5 Å². The fraction of sp³-hybridized carbons (Fsp3) is 0.476. The van der Waals surface area contributed by atoms with Crippen molar-refractivity contribution in [2.24, 2.45) is 5.73 Å². The molecule has 0 bridgehead atoms. The largest absolute Gasteiger partial charge is 0.790 e. The molecule has 7 N–H and O–H groups in total. The summed E-state index contributed by atoms with van der Waals surface area (Å²) >= 11 is 0. The molecule has 0 aromatic carbocycles. The Balaban J connectivity index is 1.21. The summed E-state index contributed by atoms with van der Waals surface area (Å²) in [7, 11) is -17.5. The monoisotopic (exact) mass is 740 g/mol. The number of phosphoric acid groups is 3. The van der Waals surface area contributed by atoms with Crippen LogP contribution in [0, 0.1) is 0 Å². The highest BCUT2D eigenvalue weighted by molar-refractivity contribution is 7.59. The van der Waals surface area contributed by atoms with Crippen LogP contribution in [0.2, 0.25) is 0 Å². The number of imidazole rings is 1. The van der Waals surface area contributed by atoms with E-state index in [-0.39, 0.29) is 22.5 Å². The van der Waals surface area contributed by atoms with Crippen LogP contribution in [0.1, 0.15) is 22.8 Å². The van der Waals surface area contributed by atoms with Gasteiger partial charge >= 0.3 is 0 Å². The van der Waals surface area contributed by atoms with E-state index >= 15 is 0 Å². The zero-order valence-corrected chi connectivity index (χ0v) is 26.5. The van der Waals surface area contributed by atoms with Crippen molar-refractivity contribution in [2.75, 3.05) is 18.9 Å². The lowest BCUT2D eigenvalue weighted by atomic mass is 10.1. The molecule has 5 heterocycles. The highest BCUT2D eigenvalue weighted by atomic mass is 31.3. The van der Waals surface area contributed by atoms with Crippen molar-refractivity contribution in [1.29, 1.82) is 0 Å². The second-order valence-electron chi connectivity index (χ2n) is 10.2. The van der Waals surface area contributed by atoms with Crippen molar-refractivity contribution in [1.82, 2.24) is 19.5 Å². The van der Waals surface area contributed by atoms with Gasteiger partial charge < -0.3 is 74.0 Å². The Labute approximate surface area is 267 Å². The summed E-state index contributed by atoms with van der Waals surface area (Å²) in [5.41, 5.74) is 10.9. The number of carbonyl (C=O) groups excluding carboxylic acids is 1. The van der Waals surface area contributed by atoms with Crippen molar-refractivity contribution in [3.63, 3.8) is 0 Å². The zero-order valence-electron chi connectivity index (χ0n) is 23.8. The molecule has 2 fully saturated rings. The standard InChI is InChI=1S/C21H28N7O17P3/c22-17-12-19(25-7-24-17)28(8-26-12)21-16(44-46(33,34)35)14(30)11(43-21)6-41-48(38,39)45-47(36,37)40-5-10-13(29)15(31)20(42-10)27-3-1-2-9(4-27)18(23)32/h1-4,7-8,10-11,13-16,20-21,29-31H,5-6H2,(H7-,22,23,24,25,32,33,34,35,36,37,38,39)/p-3/t10-,11-,13-,14-,15-,16-,20+,21-/m1/s1. The molecule has 10 atom stereocenters. The van der Waals surface area contributed by atoms with Gasteiger partial charge in [-0.15, -0.1) is 0 Å². The third-order valence-corrected chi connectivity index (χ3v) is 9.99. The van der Waals surface area contributed by atoms with Crippen LogP contribution in [0.3, 0.4) is 0 Å². The van der Waals surface area contributed by atoms with Gasteiger partial charge in [0.1, 0.15) is 47.9 Å². The zero-order chi connectivity index (χ0) is 35.2. The van der Waals surface area contributed by atoms with Gasteiger partial charge in [0.05, 0.1) is 27.4 Å². The molecule has 264 valence electrons. The Hall–Kier alpha value is -2.86. The lowest BCUT2D eigenvalue weighted by Gasteiger charge is -2.34. The van der Waals surface area contributed by atoms with E-state index in [0.29, 0.717) is 0 Å². The summed E-state index contributed by atoms with van der Waals surface area (Å²) in [5, 5.41) is 31.4. The molecule has 2 unspecified atom stereocenters. The van der Waals surface area contributed by atoms with Gasteiger partial charge in [0, 0.05) is 6.07 Å². The fourth-order valence-electron chi connectivity index (χ4n) is 4.81. The average Bonchev–Trinajstić information content (AvgIpc) is 3.64. The van der Waals surface area contributed by atoms with Gasteiger partial charge in [0.25, 0.3) is 27.8 Å². The van der Waals surface area contributed by atoms with Crippen LogP contribution < -0.4 is 35.6 Å². The summed E-state index contributed by atoms with van der Waals surface area (Å²) in [6, 6.07) is 2.75. The van der Waals surface area contributed by atoms with E-state index < -0.39 is 91.7 Å². The first-order chi connectivity index (χ1) is 22.4. The number of aliphatic hydroxyl groups is 3. The Morgan fingerprint density at radius 3 is 2.25 bits per heavy atom. The quantitative estimate of drug-likeness (QED) is 0.0806. The molecule has 0 aliphatic carbocycles. The van der Waals surface area contributed by atoms with Gasteiger partial charge in [0.15, 0.2) is 36.2 Å². The maximum absolute atomic E-state index is 12.4. The predicted octanol–water partition coefficient (Wildman–Crippen LogP) is -5.43. The molecule has 27 heteroatoms. The van der Waals surface area contributed by atoms with Crippen LogP contribution in [0.15, 0.2) is 37.2 Å². The number of phosphoric ester groups is 3. The first kappa shape index (κ1) is 36.4. The normalized spacial score (nSPS) is 30.3.